The highest BCUT2D eigenvalue weighted by Gasteiger charge is 2.07. The van der Waals surface area contributed by atoms with E-state index in [4.69, 9.17) is 9.90 Å². The molecule has 6 heteroatoms. The van der Waals surface area contributed by atoms with Crippen molar-refractivity contribution < 1.29 is 19.5 Å². The topological polar surface area (TPSA) is 95.8 Å². The lowest BCUT2D eigenvalue weighted by molar-refractivity contribution is -0.123. The van der Waals surface area contributed by atoms with Crippen LogP contribution in [-0.2, 0) is 22.4 Å². The Labute approximate surface area is 234 Å². The van der Waals surface area contributed by atoms with Gasteiger partial charge in [-0.2, -0.15) is 0 Å². The van der Waals surface area contributed by atoms with Gasteiger partial charge in [0.05, 0.1) is 5.71 Å². The van der Waals surface area contributed by atoms with Crippen molar-refractivity contribution in [3.8, 4) is 0 Å². The third-order valence-corrected chi connectivity index (χ3v) is 6.37. The van der Waals surface area contributed by atoms with Crippen molar-refractivity contribution in [2.45, 2.75) is 84.5 Å². The molecule has 2 aromatic carbocycles. The number of carboxylic acid groups (broad SMARTS) is 1. The number of unbranched alkanes of at least 4 members (excludes halogenated alkanes) is 6. The number of amides is 1. The average molecular weight is 535 g/mol. The number of rotatable bonds is 17. The first kappa shape index (κ1) is 33.5. The smallest absolute Gasteiger partial charge is 0.290 e. The summed E-state index contributed by atoms with van der Waals surface area (Å²) in [4.78, 5) is 37.6. The van der Waals surface area contributed by atoms with Crippen molar-refractivity contribution in [1.29, 1.82) is 0 Å². The lowest BCUT2D eigenvalue weighted by atomic mass is 10.0. The van der Waals surface area contributed by atoms with Crippen molar-refractivity contribution >= 4 is 23.9 Å². The minimum absolute atomic E-state index is 0.0451. The van der Waals surface area contributed by atoms with Gasteiger partial charge in [0.2, 0.25) is 0 Å². The zero-order chi connectivity index (χ0) is 28.7. The number of aryl methyl sites for hydroxylation is 2. The van der Waals surface area contributed by atoms with Gasteiger partial charge in [-0.05, 0) is 60.2 Å². The Bertz CT molecular complexity index is 1040. The summed E-state index contributed by atoms with van der Waals surface area (Å²) in [5.41, 5.74) is 4.78. The molecule has 0 bridgehead atoms. The van der Waals surface area contributed by atoms with Crippen LogP contribution in [0.25, 0.3) is 0 Å². The summed E-state index contributed by atoms with van der Waals surface area (Å²) >= 11 is 0. The first-order valence-electron chi connectivity index (χ1n) is 14.2. The lowest BCUT2D eigenvalue weighted by Gasteiger charge is -2.07. The van der Waals surface area contributed by atoms with Crippen LogP contribution in [0.1, 0.15) is 98.7 Å². The first-order chi connectivity index (χ1) is 19.0. The number of nitrogens with one attached hydrogen (secondary N) is 1. The average Bonchev–Trinajstić information content (AvgIpc) is 2.95. The molecule has 0 atom stereocenters. The van der Waals surface area contributed by atoms with Crippen molar-refractivity contribution in [3.05, 3.63) is 82.9 Å². The van der Waals surface area contributed by atoms with Crippen LogP contribution >= 0.6 is 0 Å². The molecule has 0 saturated carbocycles. The van der Waals surface area contributed by atoms with Crippen LogP contribution in [-0.4, -0.2) is 42.6 Å². The number of benzene rings is 2. The fourth-order valence-electron chi connectivity index (χ4n) is 4.23. The van der Waals surface area contributed by atoms with E-state index >= 15 is 0 Å². The molecule has 0 unspecified atom stereocenters. The molecule has 0 spiro atoms. The molecule has 2 N–H and O–H groups in total. The van der Waals surface area contributed by atoms with E-state index in [1.165, 1.54) is 43.2 Å². The summed E-state index contributed by atoms with van der Waals surface area (Å²) in [5.74, 6) is 0.0367. The van der Waals surface area contributed by atoms with Crippen LogP contribution in [0.5, 0.6) is 0 Å². The number of carbonyl (C=O) groups excluding carboxylic acids is 2. The maximum absolute atomic E-state index is 12.4. The number of hydrogen-bond acceptors (Lipinski definition) is 4. The van der Waals surface area contributed by atoms with Gasteiger partial charge < -0.3 is 10.4 Å². The molecule has 0 radical (unpaired) electrons. The summed E-state index contributed by atoms with van der Waals surface area (Å²) in [6, 6.07) is 15.9. The van der Waals surface area contributed by atoms with Gasteiger partial charge in [0, 0.05) is 25.6 Å². The standard InChI is InChI=1S/C32H44N2O2.CH2O2/c1-4-6-7-8-9-10-11-24-34-32(36)29-19-17-28(18-20-29)31(33-3)23-22-30(35)21-16-27-15-12-14-26(25-27)13-5-2;2-1-3/h12,14-15,17-20,22-23,25H,4-11,13,16,21,24H2,1-3H3,(H,34,36);1H,(H,2,3)/b23-22-,33-31?;. The maximum atomic E-state index is 12.4. The highest BCUT2D eigenvalue weighted by Crippen LogP contribution is 2.11. The molecule has 0 heterocycles. The van der Waals surface area contributed by atoms with E-state index in [1.54, 1.807) is 19.2 Å². The van der Waals surface area contributed by atoms with E-state index < -0.39 is 0 Å². The Morgan fingerprint density at radius 3 is 2.03 bits per heavy atom. The summed E-state index contributed by atoms with van der Waals surface area (Å²) in [6.45, 7) is 4.87. The van der Waals surface area contributed by atoms with Gasteiger partial charge in [-0.15, -0.1) is 0 Å². The van der Waals surface area contributed by atoms with Crippen LogP contribution in [0.15, 0.2) is 65.7 Å². The molecular weight excluding hydrogens is 488 g/mol. The molecule has 0 aromatic heterocycles. The fourth-order valence-corrected chi connectivity index (χ4v) is 4.23. The number of aliphatic imine (C=N–C) groups is 1. The van der Waals surface area contributed by atoms with Crippen molar-refractivity contribution in [1.82, 2.24) is 5.32 Å². The van der Waals surface area contributed by atoms with Crippen LogP contribution in [0, 0.1) is 0 Å². The van der Waals surface area contributed by atoms with Gasteiger partial charge in [0.15, 0.2) is 5.78 Å². The van der Waals surface area contributed by atoms with Gasteiger partial charge in [-0.3, -0.25) is 19.4 Å². The van der Waals surface area contributed by atoms with Crippen LogP contribution in [0.3, 0.4) is 0 Å². The van der Waals surface area contributed by atoms with E-state index in [0.29, 0.717) is 18.5 Å². The Hall–Kier alpha value is -3.54. The summed E-state index contributed by atoms with van der Waals surface area (Å²) in [6.07, 6.45) is 15.4. The van der Waals surface area contributed by atoms with Gasteiger partial charge in [0.25, 0.3) is 12.4 Å². The molecule has 2 rings (SSSR count). The SMILES string of the molecule is CCCCCCCCCNC(=O)c1ccc(C(/C=C\C(=O)CCc2cccc(CCC)c2)=NC)cc1.O=CO. The monoisotopic (exact) mass is 534 g/mol. The number of hydrogen-bond donors (Lipinski definition) is 2. The molecule has 2 aromatic rings. The predicted molar refractivity (Wildman–Crippen MR) is 161 cm³/mol. The van der Waals surface area contributed by atoms with Gasteiger partial charge in [0.1, 0.15) is 0 Å². The zero-order valence-corrected chi connectivity index (χ0v) is 24.0. The maximum Gasteiger partial charge on any atom is 0.290 e. The van der Waals surface area contributed by atoms with Gasteiger partial charge in [-0.25, -0.2) is 0 Å². The number of nitrogens with zero attached hydrogens (tertiary/aromatic N) is 1. The molecule has 0 aliphatic heterocycles. The van der Waals surface area contributed by atoms with E-state index in [-0.39, 0.29) is 18.2 Å². The Morgan fingerprint density at radius 1 is 0.821 bits per heavy atom. The predicted octanol–water partition coefficient (Wildman–Crippen LogP) is 7.00. The molecule has 1 amide bonds. The second kappa shape index (κ2) is 21.4. The van der Waals surface area contributed by atoms with Crippen LogP contribution < -0.4 is 5.32 Å². The highest BCUT2D eigenvalue weighted by atomic mass is 16.3. The number of carbonyl (C=O) groups is 3. The minimum Gasteiger partial charge on any atom is -0.483 e. The van der Waals surface area contributed by atoms with E-state index in [2.05, 4.69) is 48.4 Å². The normalized spacial score (nSPS) is 11.1. The fraction of sp³-hybridized carbons (Fsp3) is 0.455. The van der Waals surface area contributed by atoms with Crippen LogP contribution in [0.4, 0.5) is 0 Å². The van der Waals surface area contributed by atoms with Crippen LogP contribution in [0.2, 0.25) is 0 Å². The van der Waals surface area contributed by atoms with E-state index in [0.717, 1.165) is 43.4 Å². The molecule has 39 heavy (non-hydrogen) atoms. The highest BCUT2D eigenvalue weighted by molar-refractivity contribution is 6.11. The Morgan fingerprint density at radius 2 is 1.41 bits per heavy atom. The van der Waals surface area contributed by atoms with E-state index in [1.807, 2.05) is 24.3 Å². The van der Waals surface area contributed by atoms with Gasteiger partial charge >= 0.3 is 0 Å². The Balaban J connectivity index is 0.00000242. The quantitative estimate of drug-likeness (QED) is 0.0989. The largest absolute Gasteiger partial charge is 0.483 e. The lowest BCUT2D eigenvalue weighted by Crippen LogP contribution is -2.24. The first-order valence-corrected chi connectivity index (χ1v) is 14.2. The van der Waals surface area contributed by atoms with Crippen molar-refractivity contribution in [2.24, 2.45) is 4.99 Å². The second-order valence-corrected chi connectivity index (χ2v) is 9.54. The van der Waals surface area contributed by atoms with E-state index in [9.17, 15) is 9.59 Å². The third kappa shape index (κ3) is 14.8. The summed E-state index contributed by atoms with van der Waals surface area (Å²) in [7, 11) is 1.71. The molecule has 0 fully saturated rings. The second-order valence-electron chi connectivity index (χ2n) is 9.54. The Kier molecular flexibility index (Phi) is 18.4. The molecule has 212 valence electrons. The molecule has 0 saturated heterocycles. The molecule has 0 aliphatic rings. The molecule has 0 aliphatic carbocycles. The minimum atomic E-state index is -0.250. The zero-order valence-electron chi connectivity index (χ0n) is 24.0. The van der Waals surface area contributed by atoms with Crippen molar-refractivity contribution in [3.63, 3.8) is 0 Å². The van der Waals surface area contributed by atoms with Gasteiger partial charge in [-0.1, -0.05) is 95.2 Å². The van der Waals surface area contributed by atoms with Crippen molar-refractivity contribution in [2.75, 3.05) is 13.6 Å². The number of ketones is 1. The molecular formula is C33H46N2O4. The number of allylic oxidation sites excluding steroid dienone is 2. The molecule has 6 nitrogen and oxygen atoms in total. The summed E-state index contributed by atoms with van der Waals surface area (Å²) < 4.78 is 0. The third-order valence-electron chi connectivity index (χ3n) is 6.37. The summed E-state index contributed by atoms with van der Waals surface area (Å²) in [5, 5.41) is 9.90.